The van der Waals surface area contributed by atoms with Crippen LogP contribution < -0.4 is 10.2 Å². The number of nitrogens with one attached hydrogen (secondary N) is 1. The lowest BCUT2D eigenvalue weighted by Crippen LogP contribution is -2.17. The number of carbonyl (C=O) groups excluding carboxylic acids is 1. The molecule has 0 fully saturated rings. The van der Waals surface area contributed by atoms with Gasteiger partial charge in [-0.15, -0.1) is 0 Å². The van der Waals surface area contributed by atoms with E-state index < -0.39 is 0 Å². The second-order valence-corrected chi connectivity index (χ2v) is 5.41. The van der Waals surface area contributed by atoms with Crippen LogP contribution in [0.4, 0.5) is 0 Å². The summed E-state index contributed by atoms with van der Waals surface area (Å²) in [7, 11) is 0. The summed E-state index contributed by atoms with van der Waals surface area (Å²) in [5.74, 6) is 0.554. The summed E-state index contributed by atoms with van der Waals surface area (Å²) in [6.07, 6.45) is 3.74. The summed E-state index contributed by atoms with van der Waals surface area (Å²) in [4.78, 5) is 11.9. The van der Waals surface area contributed by atoms with Gasteiger partial charge in [0.2, 0.25) is 0 Å². The molecule has 4 nitrogen and oxygen atoms in total. The Morgan fingerprint density at radius 3 is 2.52 bits per heavy atom. The number of benzene rings is 2. The molecule has 1 N–H and O–H groups in total. The summed E-state index contributed by atoms with van der Waals surface area (Å²) >= 11 is 5.78. The van der Waals surface area contributed by atoms with Gasteiger partial charge in [-0.25, -0.2) is 5.43 Å². The second kappa shape index (κ2) is 8.96. The van der Waals surface area contributed by atoms with E-state index in [0.29, 0.717) is 10.6 Å². The van der Waals surface area contributed by atoms with Gasteiger partial charge in [0.15, 0.2) is 0 Å². The fraction of sp³-hybridized carbons (Fsp3) is 0.222. The molecule has 0 aliphatic carbocycles. The van der Waals surface area contributed by atoms with Gasteiger partial charge < -0.3 is 4.74 Å². The maximum atomic E-state index is 11.9. The zero-order valence-corrected chi connectivity index (χ0v) is 13.7. The van der Waals surface area contributed by atoms with E-state index >= 15 is 0 Å². The molecule has 0 aliphatic heterocycles. The van der Waals surface area contributed by atoms with Gasteiger partial charge >= 0.3 is 0 Å². The van der Waals surface area contributed by atoms with E-state index in [2.05, 4.69) is 17.5 Å². The predicted octanol–water partition coefficient (Wildman–Crippen LogP) is 4.28. The molecule has 0 saturated carbocycles. The van der Waals surface area contributed by atoms with Crippen LogP contribution in [0.25, 0.3) is 0 Å². The zero-order valence-electron chi connectivity index (χ0n) is 13.0. The van der Waals surface area contributed by atoms with Crippen molar-refractivity contribution < 1.29 is 9.53 Å². The van der Waals surface area contributed by atoms with E-state index in [1.54, 1.807) is 30.5 Å². The number of carbonyl (C=O) groups is 1. The van der Waals surface area contributed by atoms with Gasteiger partial charge in [0, 0.05) is 10.6 Å². The Labute approximate surface area is 141 Å². The number of halogens is 1. The molecule has 0 bridgehead atoms. The Bertz CT molecular complexity index is 652. The molecule has 0 radical (unpaired) electrons. The van der Waals surface area contributed by atoms with Gasteiger partial charge in [0.25, 0.3) is 5.91 Å². The predicted molar refractivity (Wildman–Crippen MR) is 93.4 cm³/mol. The van der Waals surface area contributed by atoms with Crippen molar-refractivity contribution in [3.05, 3.63) is 64.7 Å². The third kappa shape index (κ3) is 5.75. The first-order valence-electron chi connectivity index (χ1n) is 7.51. The largest absolute Gasteiger partial charge is 0.494 e. The van der Waals surface area contributed by atoms with Crippen LogP contribution in [0.2, 0.25) is 5.02 Å². The molecule has 23 heavy (non-hydrogen) atoms. The topological polar surface area (TPSA) is 50.7 Å². The van der Waals surface area contributed by atoms with Crippen molar-refractivity contribution in [1.29, 1.82) is 0 Å². The molecular weight excluding hydrogens is 312 g/mol. The number of hydrogen-bond acceptors (Lipinski definition) is 3. The Balaban J connectivity index is 1.85. The Morgan fingerprint density at radius 1 is 1.17 bits per heavy atom. The molecule has 0 atom stereocenters. The lowest BCUT2D eigenvalue weighted by molar-refractivity contribution is 0.0955. The number of nitrogens with zero attached hydrogens (tertiary/aromatic N) is 1. The van der Waals surface area contributed by atoms with Gasteiger partial charge in [-0.2, -0.15) is 5.10 Å². The van der Waals surface area contributed by atoms with Crippen molar-refractivity contribution in [3.63, 3.8) is 0 Å². The minimum atomic E-state index is -0.280. The Morgan fingerprint density at radius 2 is 1.87 bits per heavy atom. The van der Waals surface area contributed by atoms with E-state index in [1.807, 2.05) is 24.3 Å². The van der Waals surface area contributed by atoms with E-state index in [1.165, 1.54) is 0 Å². The first-order chi connectivity index (χ1) is 11.2. The summed E-state index contributed by atoms with van der Waals surface area (Å²) < 4.78 is 5.59. The summed E-state index contributed by atoms with van der Waals surface area (Å²) in [5, 5.41) is 4.54. The molecule has 0 aromatic heterocycles. The highest BCUT2D eigenvalue weighted by Crippen LogP contribution is 2.12. The minimum Gasteiger partial charge on any atom is -0.494 e. The van der Waals surface area contributed by atoms with Gasteiger partial charge in [0.1, 0.15) is 5.75 Å². The zero-order chi connectivity index (χ0) is 16.5. The van der Waals surface area contributed by atoms with Gasteiger partial charge in [-0.1, -0.05) is 24.9 Å². The van der Waals surface area contributed by atoms with Crippen LogP contribution in [0, 0.1) is 0 Å². The first kappa shape index (κ1) is 17.0. The molecule has 2 aromatic rings. The van der Waals surface area contributed by atoms with Crippen LogP contribution in [0.1, 0.15) is 35.7 Å². The van der Waals surface area contributed by atoms with Crippen LogP contribution in [0.3, 0.4) is 0 Å². The lowest BCUT2D eigenvalue weighted by Gasteiger charge is -2.05. The normalized spacial score (nSPS) is 10.7. The summed E-state index contributed by atoms with van der Waals surface area (Å²) in [6, 6.07) is 14.2. The Kier molecular flexibility index (Phi) is 6.63. The van der Waals surface area contributed by atoms with E-state index in [9.17, 15) is 4.79 Å². The molecule has 0 spiro atoms. The van der Waals surface area contributed by atoms with Crippen molar-refractivity contribution in [2.45, 2.75) is 19.8 Å². The summed E-state index contributed by atoms with van der Waals surface area (Å²) in [6.45, 7) is 2.85. The molecule has 0 unspecified atom stereocenters. The van der Waals surface area contributed by atoms with E-state index in [-0.39, 0.29) is 5.91 Å². The highest BCUT2D eigenvalue weighted by Gasteiger charge is 2.03. The fourth-order valence-corrected chi connectivity index (χ4v) is 1.94. The number of ether oxygens (including phenoxy) is 1. The maximum Gasteiger partial charge on any atom is 0.271 e. The standard InChI is InChI=1S/C18H19ClN2O2/c1-2-3-12-23-17-10-4-14(5-11-17)13-20-21-18(22)15-6-8-16(19)9-7-15/h4-11,13H,2-3,12H2,1H3,(H,21,22). The van der Waals surface area contributed by atoms with Crippen LogP contribution >= 0.6 is 11.6 Å². The number of hydrazone groups is 1. The molecular formula is C18H19ClN2O2. The number of unbranched alkanes of at least 4 members (excludes halogenated alkanes) is 1. The van der Waals surface area contributed by atoms with Crippen molar-refractivity contribution in [2.75, 3.05) is 6.61 Å². The number of amides is 1. The van der Waals surface area contributed by atoms with Crippen LogP contribution in [0.15, 0.2) is 53.6 Å². The number of hydrogen-bond donors (Lipinski definition) is 1. The highest BCUT2D eigenvalue weighted by molar-refractivity contribution is 6.30. The monoisotopic (exact) mass is 330 g/mol. The van der Waals surface area contributed by atoms with E-state index in [0.717, 1.165) is 30.8 Å². The minimum absolute atomic E-state index is 0.280. The molecule has 5 heteroatoms. The fourth-order valence-electron chi connectivity index (χ4n) is 1.82. The quantitative estimate of drug-likeness (QED) is 0.468. The van der Waals surface area contributed by atoms with Crippen LogP contribution in [0.5, 0.6) is 5.75 Å². The number of rotatable bonds is 7. The molecule has 0 heterocycles. The van der Waals surface area contributed by atoms with E-state index in [4.69, 9.17) is 16.3 Å². The van der Waals surface area contributed by atoms with Crippen molar-refractivity contribution in [2.24, 2.45) is 5.10 Å². The Hall–Kier alpha value is -2.33. The smallest absolute Gasteiger partial charge is 0.271 e. The molecule has 2 rings (SSSR count). The molecule has 0 aliphatic rings. The van der Waals surface area contributed by atoms with Crippen LogP contribution in [-0.4, -0.2) is 18.7 Å². The third-order valence-corrected chi connectivity index (χ3v) is 3.38. The van der Waals surface area contributed by atoms with Gasteiger partial charge in [-0.05, 0) is 60.5 Å². The molecule has 0 saturated heterocycles. The molecule has 120 valence electrons. The van der Waals surface area contributed by atoms with Gasteiger partial charge in [-0.3, -0.25) is 4.79 Å². The van der Waals surface area contributed by atoms with Crippen molar-refractivity contribution in [1.82, 2.24) is 5.43 Å². The van der Waals surface area contributed by atoms with Crippen LogP contribution in [-0.2, 0) is 0 Å². The third-order valence-electron chi connectivity index (χ3n) is 3.13. The average Bonchev–Trinajstić information content (AvgIpc) is 2.57. The SMILES string of the molecule is CCCCOc1ccc(C=NNC(=O)c2ccc(Cl)cc2)cc1. The highest BCUT2D eigenvalue weighted by atomic mass is 35.5. The average molecular weight is 331 g/mol. The maximum absolute atomic E-state index is 11.9. The van der Waals surface area contributed by atoms with Crippen molar-refractivity contribution in [3.8, 4) is 5.75 Å². The molecule has 2 aromatic carbocycles. The lowest BCUT2D eigenvalue weighted by atomic mass is 10.2. The first-order valence-corrected chi connectivity index (χ1v) is 7.88. The second-order valence-electron chi connectivity index (χ2n) is 4.98. The summed E-state index contributed by atoms with van der Waals surface area (Å²) in [5.41, 5.74) is 3.86. The van der Waals surface area contributed by atoms with Gasteiger partial charge in [0.05, 0.1) is 12.8 Å². The molecule has 1 amide bonds. The van der Waals surface area contributed by atoms with Crippen molar-refractivity contribution >= 4 is 23.7 Å².